The summed E-state index contributed by atoms with van der Waals surface area (Å²) in [6.45, 7) is 7.14. The van der Waals surface area contributed by atoms with Gasteiger partial charge in [0.25, 0.3) is 5.69 Å². The minimum Gasteiger partial charge on any atom is -0.480 e. The molecule has 0 aliphatic rings. The van der Waals surface area contributed by atoms with Gasteiger partial charge in [0.05, 0.1) is 16.6 Å². The van der Waals surface area contributed by atoms with Crippen LogP contribution in [0.2, 0.25) is 0 Å². The van der Waals surface area contributed by atoms with Gasteiger partial charge in [0.1, 0.15) is 10.9 Å². The number of para-hydroxylation sites is 1. The topological polar surface area (TPSA) is 102 Å². The number of ether oxygens (including phenoxy) is 1. The number of rotatable bonds is 7. The molecule has 0 spiro atoms. The first kappa shape index (κ1) is 18.4. The fourth-order valence-corrected chi connectivity index (χ4v) is 2.73. The maximum absolute atomic E-state index is 11.4. The monoisotopic (exact) mass is 328 g/mol. The van der Waals surface area contributed by atoms with E-state index in [1.807, 2.05) is 20.8 Å². The molecule has 0 radical (unpaired) electrons. The number of aliphatic carboxylic acids is 1. The number of nitrogens with zero attached hydrogens (tertiary/aromatic N) is 1. The van der Waals surface area contributed by atoms with Crippen LogP contribution in [0.5, 0.6) is 0 Å². The molecule has 0 saturated heterocycles. The van der Waals surface area contributed by atoms with Crippen LogP contribution in [0, 0.1) is 10.1 Å². The van der Waals surface area contributed by atoms with Gasteiger partial charge in [-0.15, -0.1) is 0 Å². The van der Waals surface area contributed by atoms with Crippen molar-refractivity contribution >= 4 is 23.6 Å². The molecule has 0 aliphatic heterocycles. The van der Waals surface area contributed by atoms with Crippen molar-refractivity contribution in [3.63, 3.8) is 0 Å². The zero-order valence-electron chi connectivity index (χ0n) is 12.9. The Labute approximate surface area is 133 Å². The maximum Gasteiger partial charge on any atom is 0.324 e. The lowest BCUT2D eigenvalue weighted by molar-refractivity contribution is -0.387. The molecule has 1 aromatic rings. The molecule has 7 nitrogen and oxygen atoms in total. The molecule has 0 amide bonds. The second-order valence-corrected chi connectivity index (χ2v) is 6.58. The molecule has 0 saturated carbocycles. The van der Waals surface area contributed by atoms with Crippen LogP contribution >= 0.6 is 11.9 Å². The average molecular weight is 328 g/mol. The Morgan fingerprint density at radius 1 is 1.41 bits per heavy atom. The molecule has 2 N–H and O–H groups in total. The fourth-order valence-electron chi connectivity index (χ4n) is 1.79. The van der Waals surface area contributed by atoms with Crippen LogP contribution in [0.15, 0.2) is 29.2 Å². The largest absolute Gasteiger partial charge is 0.480 e. The van der Waals surface area contributed by atoms with Gasteiger partial charge in [-0.05, 0) is 45.7 Å². The van der Waals surface area contributed by atoms with E-state index in [1.54, 1.807) is 25.1 Å². The molecule has 2 atom stereocenters. The van der Waals surface area contributed by atoms with Crippen LogP contribution in [0.4, 0.5) is 5.69 Å². The van der Waals surface area contributed by atoms with Gasteiger partial charge in [-0.1, -0.05) is 12.1 Å². The van der Waals surface area contributed by atoms with E-state index in [-0.39, 0.29) is 5.69 Å². The van der Waals surface area contributed by atoms with Gasteiger partial charge in [0, 0.05) is 6.07 Å². The highest BCUT2D eigenvalue weighted by atomic mass is 32.2. The van der Waals surface area contributed by atoms with Gasteiger partial charge in [-0.25, -0.2) is 4.72 Å². The van der Waals surface area contributed by atoms with Gasteiger partial charge in [-0.2, -0.15) is 0 Å². The Balaban J connectivity index is 2.82. The van der Waals surface area contributed by atoms with Crippen molar-refractivity contribution in [3.05, 3.63) is 34.4 Å². The molecule has 122 valence electrons. The minimum absolute atomic E-state index is 0.0754. The highest BCUT2D eigenvalue weighted by molar-refractivity contribution is 7.97. The van der Waals surface area contributed by atoms with Gasteiger partial charge >= 0.3 is 5.97 Å². The predicted molar refractivity (Wildman–Crippen MR) is 83.8 cm³/mol. The minimum atomic E-state index is -1.08. The van der Waals surface area contributed by atoms with Crippen LogP contribution in [0.1, 0.15) is 27.7 Å². The summed E-state index contributed by atoms with van der Waals surface area (Å²) in [5, 5.41) is 20.3. The van der Waals surface area contributed by atoms with Gasteiger partial charge < -0.3 is 9.84 Å². The van der Waals surface area contributed by atoms with Crippen molar-refractivity contribution < 1.29 is 19.6 Å². The molecule has 8 heteroatoms. The number of nitro benzene ring substituents is 1. The van der Waals surface area contributed by atoms with Gasteiger partial charge in [0.2, 0.25) is 0 Å². The van der Waals surface area contributed by atoms with Crippen molar-refractivity contribution in [2.75, 3.05) is 0 Å². The summed E-state index contributed by atoms with van der Waals surface area (Å²) in [5.74, 6) is -1.08. The molecular weight excluding hydrogens is 308 g/mol. The second-order valence-electron chi connectivity index (χ2n) is 5.70. The quantitative estimate of drug-likeness (QED) is 0.451. The standard InChI is InChI=1S/C14H20N2O5S/c1-9(21-14(2,3)4)12(13(17)18)15-22-11-8-6-5-7-10(11)16(19)20/h5-9,12,15H,1-4H3,(H,17,18)/t9-,12+/m1/s1. The third kappa shape index (κ3) is 5.63. The molecule has 1 rings (SSSR count). The Kier molecular flexibility index (Phi) is 6.34. The third-order valence-corrected chi connectivity index (χ3v) is 3.57. The molecule has 0 heterocycles. The van der Waals surface area contributed by atoms with Gasteiger partial charge in [-0.3, -0.25) is 14.9 Å². The fraction of sp³-hybridized carbons (Fsp3) is 0.500. The molecule has 22 heavy (non-hydrogen) atoms. The van der Waals surface area contributed by atoms with E-state index >= 15 is 0 Å². The Morgan fingerprint density at radius 3 is 2.50 bits per heavy atom. The number of hydrogen-bond acceptors (Lipinski definition) is 6. The Hall–Kier alpha value is -1.64. The summed E-state index contributed by atoms with van der Waals surface area (Å²) in [6, 6.07) is 5.15. The number of carboxylic acid groups (broad SMARTS) is 1. The van der Waals surface area contributed by atoms with E-state index in [2.05, 4.69) is 4.72 Å². The summed E-state index contributed by atoms with van der Waals surface area (Å²) < 4.78 is 8.38. The van der Waals surface area contributed by atoms with Crippen molar-refractivity contribution in [2.45, 2.75) is 50.3 Å². The molecule has 0 bridgehead atoms. The summed E-state index contributed by atoms with van der Waals surface area (Å²) in [4.78, 5) is 22.2. The summed E-state index contributed by atoms with van der Waals surface area (Å²) in [7, 11) is 0. The Morgan fingerprint density at radius 2 is 2.00 bits per heavy atom. The molecule has 0 unspecified atom stereocenters. The Bertz CT molecular complexity index is 544. The average Bonchev–Trinajstić information content (AvgIpc) is 2.36. The van der Waals surface area contributed by atoms with Gasteiger partial charge in [0.15, 0.2) is 0 Å². The zero-order valence-corrected chi connectivity index (χ0v) is 13.7. The lowest BCUT2D eigenvalue weighted by atomic mass is 10.1. The van der Waals surface area contributed by atoms with E-state index in [9.17, 15) is 20.0 Å². The normalized spacial score (nSPS) is 14.4. The molecular formula is C14H20N2O5S. The van der Waals surface area contributed by atoms with Crippen molar-refractivity contribution in [2.24, 2.45) is 0 Å². The lowest BCUT2D eigenvalue weighted by Crippen LogP contribution is -2.45. The van der Waals surface area contributed by atoms with Crippen LogP contribution in [0.25, 0.3) is 0 Å². The van der Waals surface area contributed by atoms with Crippen molar-refractivity contribution in [1.82, 2.24) is 4.72 Å². The number of nitro groups is 1. The number of carbonyl (C=O) groups is 1. The highest BCUT2D eigenvalue weighted by Gasteiger charge is 2.29. The number of benzene rings is 1. The van der Waals surface area contributed by atoms with E-state index < -0.39 is 28.6 Å². The molecule has 0 aliphatic carbocycles. The lowest BCUT2D eigenvalue weighted by Gasteiger charge is -2.29. The highest BCUT2D eigenvalue weighted by Crippen LogP contribution is 2.27. The van der Waals surface area contributed by atoms with Crippen LogP contribution < -0.4 is 4.72 Å². The molecule has 0 aromatic heterocycles. The first-order chi connectivity index (χ1) is 10.1. The van der Waals surface area contributed by atoms with Crippen LogP contribution in [0.3, 0.4) is 0 Å². The molecule has 0 fully saturated rings. The van der Waals surface area contributed by atoms with Crippen LogP contribution in [-0.2, 0) is 9.53 Å². The summed E-state index contributed by atoms with van der Waals surface area (Å²) >= 11 is 0.914. The van der Waals surface area contributed by atoms with Crippen molar-refractivity contribution in [1.29, 1.82) is 0 Å². The summed E-state index contributed by atoms with van der Waals surface area (Å²) in [5.41, 5.74) is -0.563. The SMILES string of the molecule is C[C@@H](OC(C)(C)C)[C@H](NSc1ccccc1[N+](=O)[O-])C(=O)O. The van der Waals surface area contributed by atoms with E-state index in [4.69, 9.17) is 4.74 Å². The summed E-state index contributed by atoms with van der Waals surface area (Å²) in [6.07, 6.45) is -0.604. The smallest absolute Gasteiger partial charge is 0.324 e. The number of hydrogen-bond donors (Lipinski definition) is 2. The third-order valence-electron chi connectivity index (χ3n) is 2.63. The maximum atomic E-state index is 11.4. The molecule has 1 aromatic carbocycles. The number of nitrogens with one attached hydrogen (secondary N) is 1. The van der Waals surface area contributed by atoms with E-state index in [0.29, 0.717) is 4.90 Å². The first-order valence-electron chi connectivity index (χ1n) is 6.68. The number of carboxylic acids is 1. The van der Waals surface area contributed by atoms with Crippen LogP contribution in [-0.4, -0.2) is 33.7 Å². The van der Waals surface area contributed by atoms with Crippen molar-refractivity contribution in [3.8, 4) is 0 Å². The van der Waals surface area contributed by atoms with E-state index in [1.165, 1.54) is 6.07 Å². The van der Waals surface area contributed by atoms with E-state index in [0.717, 1.165) is 11.9 Å². The zero-order chi connectivity index (χ0) is 16.9. The first-order valence-corrected chi connectivity index (χ1v) is 7.50. The second kappa shape index (κ2) is 7.57. The predicted octanol–water partition coefficient (Wildman–Crippen LogP) is 2.85.